The molecule has 3 heterocycles. The van der Waals surface area contributed by atoms with E-state index >= 15 is 0 Å². The van der Waals surface area contributed by atoms with Crippen LogP contribution in [0, 0.1) is 6.92 Å². The second-order valence-corrected chi connectivity index (χ2v) is 7.70. The molecule has 1 aromatic carbocycles. The molecule has 0 bridgehead atoms. The molecule has 29 heavy (non-hydrogen) atoms. The molecule has 2 aromatic heterocycles. The van der Waals surface area contributed by atoms with Gasteiger partial charge in [0.2, 0.25) is 0 Å². The summed E-state index contributed by atoms with van der Waals surface area (Å²) >= 11 is 1.19. The van der Waals surface area contributed by atoms with Crippen LogP contribution in [0.25, 0.3) is 21.9 Å². The number of aromatic hydroxyl groups is 1. The number of hydrogen-bond donors (Lipinski definition) is 1. The van der Waals surface area contributed by atoms with Crippen LogP contribution in [0.5, 0.6) is 11.5 Å². The number of aryl methyl sites for hydroxylation is 1. The summed E-state index contributed by atoms with van der Waals surface area (Å²) < 4.78 is 11.9. The normalized spacial score (nSPS) is 14.4. The minimum Gasteiger partial charge on any atom is -0.504 e. The van der Waals surface area contributed by atoms with Gasteiger partial charge in [-0.25, -0.2) is 9.78 Å². The lowest BCUT2D eigenvalue weighted by Crippen LogP contribution is -2.20. The summed E-state index contributed by atoms with van der Waals surface area (Å²) in [4.78, 5) is 30.9. The summed E-state index contributed by atoms with van der Waals surface area (Å²) in [6.45, 7) is 4.31. The van der Waals surface area contributed by atoms with E-state index in [1.807, 2.05) is 6.08 Å². The standard InChI is InChI=1S/C21H20N2O5S/c1-4-28-21(26)17-11(2)16-19(29-17)22-18-13(7-8-23(18)20(16)25)9-12-5-6-14(24)15(10-12)27-3/h5-6,9-10,24H,4,7-8H2,1-3H3/b13-9+. The number of benzene rings is 1. The maximum Gasteiger partial charge on any atom is 0.348 e. The average Bonchev–Trinajstić information content (AvgIpc) is 3.25. The Kier molecular flexibility index (Phi) is 4.87. The molecular weight excluding hydrogens is 392 g/mol. The van der Waals surface area contributed by atoms with Crippen LogP contribution < -0.4 is 10.3 Å². The van der Waals surface area contributed by atoms with E-state index in [1.165, 1.54) is 18.4 Å². The number of phenolic OH excluding ortho intramolecular Hbond substituents is 1. The summed E-state index contributed by atoms with van der Waals surface area (Å²) in [7, 11) is 1.49. The smallest absolute Gasteiger partial charge is 0.348 e. The van der Waals surface area contributed by atoms with Gasteiger partial charge in [0.1, 0.15) is 15.5 Å². The Morgan fingerprint density at radius 3 is 2.93 bits per heavy atom. The average molecular weight is 412 g/mol. The van der Waals surface area contributed by atoms with Gasteiger partial charge in [-0.3, -0.25) is 9.36 Å². The lowest BCUT2D eigenvalue weighted by molar-refractivity contribution is 0.0531. The van der Waals surface area contributed by atoms with Crippen LogP contribution in [-0.4, -0.2) is 34.3 Å². The van der Waals surface area contributed by atoms with Gasteiger partial charge in [0.05, 0.1) is 19.1 Å². The second-order valence-electron chi connectivity index (χ2n) is 6.70. The molecule has 0 spiro atoms. The Balaban J connectivity index is 1.83. The van der Waals surface area contributed by atoms with Gasteiger partial charge in [0, 0.05) is 6.54 Å². The third-order valence-corrected chi connectivity index (χ3v) is 6.11. The Hall–Kier alpha value is -3.13. The highest BCUT2D eigenvalue weighted by Gasteiger charge is 2.26. The summed E-state index contributed by atoms with van der Waals surface area (Å²) in [6, 6.07) is 5.08. The SMILES string of the molecule is CCOC(=O)c1sc2nc3n(c(=O)c2c1C)CC/C3=C\c1ccc(O)c(OC)c1. The van der Waals surface area contributed by atoms with Crippen molar-refractivity contribution in [2.75, 3.05) is 13.7 Å². The van der Waals surface area contributed by atoms with Crippen molar-refractivity contribution in [1.29, 1.82) is 0 Å². The molecule has 7 nitrogen and oxygen atoms in total. The van der Waals surface area contributed by atoms with Crippen molar-refractivity contribution < 1.29 is 19.4 Å². The predicted molar refractivity (Wildman–Crippen MR) is 112 cm³/mol. The van der Waals surface area contributed by atoms with E-state index < -0.39 is 5.97 Å². The zero-order valence-electron chi connectivity index (χ0n) is 16.3. The van der Waals surface area contributed by atoms with Crippen molar-refractivity contribution in [2.45, 2.75) is 26.8 Å². The zero-order chi connectivity index (χ0) is 20.7. The molecule has 1 aliphatic rings. The number of aromatic nitrogens is 2. The van der Waals surface area contributed by atoms with E-state index in [1.54, 1.807) is 36.6 Å². The first-order valence-corrected chi connectivity index (χ1v) is 10.0. The van der Waals surface area contributed by atoms with E-state index in [0.29, 0.717) is 45.2 Å². The number of allylic oxidation sites excluding steroid dienone is 1. The van der Waals surface area contributed by atoms with Crippen molar-refractivity contribution in [3.63, 3.8) is 0 Å². The number of phenols is 1. The first-order valence-electron chi connectivity index (χ1n) is 9.23. The minimum atomic E-state index is -0.426. The summed E-state index contributed by atoms with van der Waals surface area (Å²) in [5, 5.41) is 10.3. The monoisotopic (exact) mass is 412 g/mol. The Morgan fingerprint density at radius 1 is 1.41 bits per heavy atom. The van der Waals surface area contributed by atoms with Crippen LogP contribution in [0.1, 0.15) is 40.0 Å². The number of ether oxygens (including phenoxy) is 2. The molecule has 0 saturated heterocycles. The highest BCUT2D eigenvalue weighted by atomic mass is 32.1. The molecule has 0 radical (unpaired) electrons. The Labute approximate surface area is 170 Å². The van der Waals surface area contributed by atoms with E-state index in [4.69, 9.17) is 14.5 Å². The molecule has 0 aliphatic carbocycles. The topological polar surface area (TPSA) is 90.7 Å². The van der Waals surface area contributed by atoms with Gasteiger partial charge in [0.15, 0.2) is 11.5 Å². The van der Waals surface area contributed by atoms with Gasteiger partial charge in [-0.1, -0.05) is 6.07 Å². The Morgan fingerprint density at radius 2 is 2.21 bits per heavy atom. The van der Waals surface area contributed by atoms with Crippen molar-refractivity contribution in [1.82, 2.24) is 9.55 Å². The minimum absolute atomic E-state index is 0.0677. The highest BCUT2D eigenvalue weighted by Crippen LogP contribution is 2.34. The largest absolute Gasteiger partial charge is 0.504 e. The van der Waals surface area contributed by atoms with Gasteiger partial charge in [-0.05, 0) is 55.2 Å². The third kappa shape index (κ3) is 3.19. The third-order valence-electron chi connectivity index (χ3n) is 4.95. The van der Waals surface area contributed by atoms with Crippen LogP contribution in [0.15, 0.2) is 23.0 Å². The molecule has 150 valence electrons. The van der Waals surface area contributed by atoms with E-state index in [-0.39, 0.29) is 17.9 Å². The number of methoxy groups -OCH3 is 1. The molecule has 0 saturated carbocycles. The van der Waals surface area contributed by atoms with Gasteiger partial charge < -0.3 is 14.6 Å². The van der Waals surface area contributed by atoms with Crippen molar-refractivity contribution in [3.05, 3.63) is 50.4 Å². The van der Waals surface area contributed by atoms with Crippen LogP contribution in [0.3, 0.4) is 0 Å². The first kappa shape index (κ1) is 19.2. The molecule has 0 fully saturated rings. The van der Waals surface area contributed by atoms with Gasteiger partial charge >= 0.3 is 5.97 Å². The number of fused-ring (bicyclic) bond motifs is 2. The number of hydrogen-bond acceptors (Lipinski definition) is 7. The number of carbonyl (C=O) groups excluding carboxylic acids is 1. The number of nitrogens with zero attached hydrogens (tertiary/aromatic N) is 2. The first-order chi connectivity index (χ1) is 13.9. The fourth-order valence-corrected chi connectivity index (χ4v) is 4.59. The van der Waals surface area contributed by atoms with Gasteiger partial charge in [-0.2, -0.15) is 0 Å². The highest BCUT2D eigenvalue weighted by molar-refractivity contribution is 7.20. The summed E-state index contributed by atoms with van der Waals surface area (Å²) in [6.07, 6.45) is 2.61. The van der Waals surface area contributed by atoms with E-state index in [9.17, 15) is 14.7 Å². The number of rotatable bonds is 4. The fourth-order valence-electron chi connectivity index (χ4n) is 3.53. The van der Waals surface area contributed by atoms with Crippen LogP contribution in [0.4, 0.5) is 0 Å². The molecule has 1 N–H and O–H groups in total. The fraction of sp³-hybridized carbons (Fsp3) is 0.286. The number of carbonyl (C=O) groups is 1. The molecule has 0 unspecified atom stereocenters. The molecule has 0 atom stereocenters. The summed E-state index contributed by atoms with van der Waals surface area (Å²) in [5.41, 5.74) is 2.24. The summed E-state index contributed by atoms with van der Waals surface area (Å²) in [5.74, 6) is 0.625. The maximum absolute atomic E-state index is 13.1. The van der Waals surface area contributed by atoms with E-state index in [2.05, 4.69) is 0 Å². The molecule has 4 rings (SSSR count). The van der Waals surface area contributed by atoms with Gasteiger partial charge in [-0.15, -0.1) is 11.3 Å². The molecular formula is C21H20N2O5S. The Bertz CT molecular complexity index is 1220. The van der Waals surface area contributed by atoms with Crippen molar-refractivity contribution in [2.24, 2.45) is 0 Å². The predicted octanol–water partition coefficient (Wildman–Crippen LogP) is 3.60. The lowest BCUT2D eigenvalue weighted by Gasteiger charge is -2.05. The van der Waals surface area contributed by atoms with Crippen molar-refractivity contribution in [3.8, 4) is 11.5 Å². The molecule has 8 heteroatoms. The molecule has 3 aromatic rings. The second kappa shape index (κ2) is 7.36. The number of thiophene rings is 1. The van der Waals surface area contributed by atoms with Crippen molar-refractivity contribution >= 4 is 39.2 Å². The lowest BCUT2D eigenvalue weighted by atomic mass is 10.1. The van der Waals surface area contributed by atoms with Crippen LogP contribution in [0.2, 0.25) is 0 Å². The maximum atomic E-state index is 13.1. The van der Waals surface area contributed by atoms with Gasteiger partial charge in [0.25, 0.3) is 5.56 Å². The zero-order valence-corrected chi connectivity index (χ0v) is 17.1. The van der Waals surface area contributed by atoms with E-state index in [0.717, 1.165) is 11.1 Å². The quantitative estimate of drug-likeness (QED) is 0.659. The van der Waals surface area contributed by atoms with Crippen LogP contribution in [-0.2, 0) is 11.3 Å². The molecule has 1 aliphatic heterocycles. The van der Waals surface area contributed by atoms with Crippen LogP contribution >= 0.6 is 11.3 Å². The number of esters is 1. The molecule has 0 amide bonds.